The summed E-state index contributed by atoms with van der Waals surface area (Å²) in [6.07, 6.45) is 4.17. The predicted octanol–water partition coefficient (Wildman–Crippen LogP) is 5.50. The number of ether oxygens (including phenoxy) is 1. The van der Waals surface area contributed by atoms with E-state index < -0.39 is 0 Å². The highest BCUT2D eigenvalue weighted by Gasteiger charge is 2.43. The lowest BCUT2D eigenvalue weighted by Crippen LogP contribution is -2.34. The van der Waals surface area contributed by atoms with Crippen molar-refractivity contribution >= 4 is 11.7 Å². The maximum atomic E-state index is 11.5. The van der Waals surface area contributed by atoms with Crippen LogP contribution >= 0.6 is 0 Å². The van der Waals surface area contributed by atoms with Gasteiger partial charge in [0, 0.05) is 18.2 Å². The fourth-order valence-corrected chi connectivity index (χ4v) is 4.46. The quantitative estimate of drug-likeness (QED) is 0.570. The Morgan fingerprint density at radius 3 is 2.39 bits per heavy atom. The Kier molecular flexibility index (Phi) is 6.66. The van der Waals surface area contributed by atoms with Crippen LogP contribution in [0.25, 0.3) is 0 Å². The van der Waals surface area contributed by atoms with Crippen molar-refractivity contribution in [2.75, 3.05) is 6.61 Å². The van der Waals surface area contributed by atoms with Crippen LogP contribution in [0.15, 0.2) is 59.6 Å². The number of carbonyl (C=O) groups is 1. The third-order valence-electron chi connectivity index (χ3n) is 5.67. The first kappa shape index (κ1) is 20.3. The summed E-state index contributed by atoms with van der Waals surface area (Å²) in [7, 11) is 0. The molecule has 2 aromatic rings. The maximum Gasteiger partial charge on any atom is 0.305 e. The van der Waals surface area contributed by atoms with E-state index in [1.807, 2.05) is 6.92 Å². The van der Waals surface area contributed by atoms with Crippen molar-refractivity contribution in [3.05, 3.63) is 71.3 Å². The number of rotatable bonds is 8. The van der Waals surface area contributed by atoms with Gasteiger partial charge >= 0.3 is 5.97 Å². The van der Waals surface area contributed by atoms with E-state index in [0.29, 0.717) is 19.1 Å². The van der Waals surface area contributed by atoms with Crippen LogP contribution in [0.5, 0.6) is 0 Å². The van der Waals surface area contributed by atoms with Gasteiger partial charge in [0.15, 0.2) is 0 Å². The van der Waals surface area contributed by atoms with Gasteiger partial charge in [0.2, 0.25) is 0 Å². The number of esters is 1. The SMILES string of the molecule is CCOC(=O)CCCc1ccc(C2(c3ccccc3)CC(C)N=C2CC)cc1. The smallest absolute Gasteiger partial charge is 0.305 e. The minimum atomic E-state index is -0.126. The van der Waals surface area contributed by atoms with Crippen LogP contribution < -0.4 is 0 Å². The lowest BCUT2D eigenvalue weighted by Gasteiger charge is -2.33. The van der Waals surface area contributed by atoms with Gasteiger partial charge in [0.25, 0.3) is 0 Å². The molecule has 1 aliphatic heterocycles. The van der Waals surface area contributed by atoms with Crippen LogP contribution in [-0.4, -0.2) is 24.3 Å². The molecule has 0 fully saturated rings. The van der Waals surface area contributed by atoms with Gasteiger partial charge in [0.05, 0.1) is 12.0 Å². The number of hydrogen-bond donors (Lipinski definition) is 0. The van der Waals surface area contributed by atoms with Gasteiger partial charge in [-0.05, 0) is 56.2 Å². The van der Waals surface area contributed by atoms with Gasteiger partial charge in [-0.15, -0.1) is 0 Å². The molecule has 148 valence electrons. The summed E-state index contributed by atoms with van der Waals surface area (Å²) in [5, 5.41) is 0. The minimum Gasteiger partial charge on any atom is -0.466 e. The van der Waals surface area contributed by atoms with Gasteiger partial charge < -0.3 is 4.74 Å². The van der Waals surface area contributed by atoms with E-state index in [2.05, 4.69) is 68.4 Å². The zero-order valence-corrected chi connectivity index (χ0v) is 17.3. The monoisotopic (exact) mass is 377 g/mol. The maximum absolute atomic E-state index is 11.5. The molecule has 0 spiro atoms. The Bertz CT molecular complexity index is 810. The molecule has 0 aromatic heterocycles. The molecule has 0 saturated heterocycles. The van der Waals surface area contributed by atoms with E-state index in [4.69, 9.17) is 9.73 Å². The molecule has 2 atom stereocenters. The number of hydrogen-bond acceptors (Lipinski definition) is 3. The van der Waals surface area contributed by atoms with Crippen LogP contribution in [0.2, 0.25) is 0 Å². The van der Waals surface area contributed by atoms with Crippen LogP contribution in [0.1, 0.15) is 63.1 Å². The predicted molar refractivity (Wildman–Crippen MR) is 115 cm³/mol. The summed E-state index contributed by atoms with van der Waals surface area (Å²) < 4.78 is 5.01. The molecule has 0 bridgehead atoms. The molecule has 0 aliphatic carbocycles. The lowest BCUT2D eigenvalue weighted by molar-refractivity contribution is -0.143. The van der Waals surface area contributed by atoms with Gasteiger partial charge in [0.1, 0.15) is 0 Å². The van der Waals surface area contributed by atoms with Gasteiger partial charge in [-0.3, -0.25) is 9.79 Å². The zero-order chi connectivity index (χ0) is 20.0. The molecule has 3 rings (SSSR count). The van der Waals surface area contributed by atoms with E-state index >= 15 is 0 Å². The van der Waals surface area contributed by atoms with Gasteiger partial charge in [-0.25, -0.2) is 0 Å². The van der Waals surface area contributed by atoms with E-state index in [1.165, 1.54) is 22.4 Å². The first-order valence-electron chi connectivity index (χ1n) is 10.5. The zero-order valence-electron chi connectivity index (χ0n) is 17.3. The molecular weight excluding hydrogens is 346 g/mol. The second kappa shape index (κ2) is 9.18. The molecule has 0 amide bonds. The number of carbonyl (C=O) groups excluding carboxylic acids is 1. The molecule has 1 heterocycles. The number of nitrogens with zero attached hydrogens (tertiary/aromatic N) is 1. The molecule has 2 aromatic carbocycles. The Morgan fingerprint density at radius 1 is 1.07 bits per heavy atom. The van der Waals surface area contributed by atoms with E-state index in [0.717, 1.165) is 25.7 Å². The number of benzene rings is 2. The first-order chi connectivity index (χ1) is 13.6. The van der Waals surface area contributed by atoms with E-state index in [9.17, 15) is 4.79 Å². The molecule has 1 aliphatic rings. The van der Waals surface area contributed by atoms with Crippen molar-refractivity contribution in [3.8, 4) is 0 Å². The Morgan fingerprint density at radius 2 is 1.75 bits per heavy atom. The molecule has 3 heteroatoms. The van der Waals surface area contributed by atoms with Crippen molar-refractivity contribution in [1.82, 2.24) is 0 Å². The molecule has 3 nitrogen and oxygen atoms in total. The normalized spacial score (nSPS) is 21.4. The number of aliphatic imine (C=N–C) groups is 1. The molecule has 0 radical (unpaired) electrons. The number of aryl methyl sites for hydroxylation is 1. The largest absolute Gasteiger partial charge is 0.466 e. The van der Waals surface area contributed by atoms with Crippen molar-refractivity contribution in [2.24, 2.45) is 4.99 Å². The van der Waals surface area contributed by atoms with Crippen LogP contribution in [0.3, 0.4) is 0 Å². The first-order valence-corrected chi connectivity index (χ1v) is 10.5. The topological polar surface area (TPSA) is 38.7 Å². The molecule has 0 saturated carbocycles. The summed E-state index contributed by atoms with van der Waals surface area (Å²) in [5.41, 5.74) is 5.06. The second-order valence-electron chi connectivity index (χ2n) is 7.61. The third-order valence-corrected chi connectivity index (χ3v) is 5.67. The highest BCUT2D eigenvalue weighted by Crippen LogP contribution is 2.44. The lowest BCUT2D eigenvalue weighted by atomic mass is 9.68. The second-order valence-corrected chi connectivity index (χ2v) is 7.61. The summed E-state index contributed by atoms with van der Waals surface area (Å²) in [5.74, 6) is -0.106. The highest BCUT2D eigenvalue weighted by molar-refractivity contribution is 5.99. The van der Waals surface area contributed by atoms with E-state index in [1.54, 1.807) is 0 Å². The minimum absolute atomic E-state index is 0.106. The molecule has 28 heavy (non-hydrogen) atoms. The molecule has 0 N–H and O–H groups in total. The summed E-state index contributed by atoms with van der Waals surface area (Å²) in [4.78, 5) is 16.5. The van der Waals surface area contributed by atoms with Crippen LogP contribution in [0.4, 0.5) is 0 Å². The fourth-order valence-electron chi connectivity index (χ4n) is 4.46. The Labute approximate surface area is 168 Å². The standard InChI is InChI=1S/C25H31NO2/c1-4-23-25(18-19(3)26-23,21-11-7-6-8-12-21)22-16-14-20(15-17-22)10-9-13-24(27)28-5-2/h6-8,11-12,14-17,19H,4-5,9-10,13,18H2,1-3H3. The summed E-state index contributed by atoms with van der Waals surface area (Å²) in [6, 6.07) is 20.1. The van der Waals surface area contributed by atoms with Gasteiger partial charge in [-0.2, -0.15) is 0 Å². The van der Waals surface area contributed by atoms with Crippen LogP contribution in [-0.2, 0) is 21.4 Å². The summed E-state index contributed by atoms with van der Waals surface area (Å²) >= 11 is 0. The van der Waals surface area contributed by atoms with E-state index in [-0.39, 0.29) is 11.4 Å². The van der Waals surface area contributed by atoms with Crippen molar-refractivity contribution in [3.63, 3.8) is 0 Å². The van der Waals surface area contributed by atoms with Crippen molar-refractivity contribution in [2.45, 2.75) is 64.3 Å². The molecular formula is C25H31NO2. The third kappa shape index (κ3) is 4.19. The highest BCUT2D eigenvalue weighted by atomic mass is 16.5. The average molecular weight is 378 g/mol. The fraction of sp³-hybridized carbons (Fsp3) is 0.440. The Hall–Kier alpha value is -2.42. The Balaban J connectivity index is 1.83. The van der Waals surface area contributed by atoms with Gasteiger partial charge in [-0.1, -0.05) is 61.5 Å². The van der Waals surface area contributed by atoms with Crippen LogP contribution in [0, 0.1) is 0 Å². The summed E-state index contributed by atoms with van der Waals surface area (Å²) in [6.45, 7) is 6.72. The average Bonchev–Trinajstić information content (AvgIpc) is 3.07. The molecule has 2 unspecified atom stereocenters. The van der Waals surface area contributed by atoms with Crippen molar-refractivity contribution < 1.29 is 9.53 Å². The van der Waals surface area contributed by atoms with Crippen molar-refractivity contribution in [1.29, 1.82) is 0 Å².